The van der Waals surface area contributed by atoms with E-state index in [1.807, 2.05) is 18.2 Å². The minimum Gasteiger partial charge on any atom is -0.507 e. The highest BCUT2D eigenvalue weighted by Gasteiger charge is 2.30. The first-order valence-electron chi connectivity index (χ1n) is 5.71. The highest BCUT2D eigenvalue weighted by Crippen LogP contribution is 2.34. The molecule has 0 radical (unpaired) electrons. The summed E-state index contributed by atoms with van der Waals surface area (Å²) >= 11 is 1.25. The van der Waals surface area contributed by atoms with E-state index in [0.29, 0.717) is 5.39 Å². The number of benzene rings is 2. The molecule has 0 aliphatic rings. The van der Waals surface area contributed by atoms with E-state index in [1.165, 1.54) is 18.7 Å². The van der Waals surface area contributed by atoms with E-state index in [2.05, 4.69) is 0 Å². The van der Waals surface area contributed by atoms with Gasteiger partial charge in [0.1, 0.15) is 5.75 Å². The summed E-state index contributed by atoms with van der Waals surface area (Å²) in [6.07, 6.45) is 0. The molecule has 0 aliphatic carbocycles. The normalized spacial score (nSPS) is 14.2. The molecule has 1 atom stereocenters. The number of carboxylic acids is 1. The lowest BCUT2D eigenvalue weighted by molar-refractivity contribution is -0.154. The predicted molar refractivity (Wildman–Crippen MR) is 74.6 cm³/mol. The van der Waals surface area contributed by atoms with E-state index < -0.39 is 11.6 Å². The molecule has 5 heteroatoms. The predicted octanol–water partition coefficient (Wildman–Crippen LogP) is 2.47. The number of rotatable bonds is 4. The van der Waals surface area contributed by atoms with Gasteiger partial charge in [-0.1, -0.05) is 24.3 Å². The van der Waals surface area contributed by atoms with Crippen LogP contribution in [0.2, 0.25) is 0 Å². The molecule has 0 aliphatic heterocycles. The molecule has 1 unspecified atom stereocenters. The Morgan fingerprint density at radius 3 is 2.47 bits per heavy atom. The standard InChI is InChI=1S/C14H14O4S/c1-14(18,13(16)17)8-19-12-7-6-11(15)9-4-2-3-5-10(9)12/h2-7,15,18H,8H2,1H3,(H,16,17). The minimum absolute atomic E-state index is 0.0388. The summed E-state index contributed by atoms with van der Waals surface area (Å²) in [6.45, 7) is 1.27. The third kappa shape index (κ3) is 2.83. The first kappa shape index (κ1) is 13.7. The average molecular weight is 278 g/mol. The minimum atomic E-state index is -1.77. The lowest BCUT2D eigenvalue weighted by Gasteiger charge is -2.17. The van der Waals surface area contributed by atoms with Crippen LogP contribution in [0.25, 0.3) is 10.8 Å². The summed E-state index contributed by atoms with van der Waals surface area (Å²) in [5.74, 6) is -1.02. The molecular formula is C14H14O4S. The van der Waals surface area contributed by atoms with Crippen LogP contribution in [0.1, 0.15) is 6.92 Å². The van der Waals surface area contributed by atoms with Crippen LogP contribution < -0.4 is 0 Å². The Labute approximate surface area is 114 Å². The molecule has 0 heterocycles. The van der Waals surface area contributed by atoms with Crippen molar-refractivity contribution in [2.75, 3.05) is 5.75 Å². The Bertz CT molecular complexity index is 622. The van der Waals surface area contributed by atoms with Crippen molar-refractivity contribution in [3.05, 3.63) is 36.4 Å². The number of aliphatic carboxylic acids is 1. The third-order valence-corrected chi connectivity index (χ3v) is 4.20. The number of phenols is 1. The van der Waals surface area contributed by atoms with Crippen LogP contribution in [-0.2, 0) is 4.79 Å². The van der Waals surface area contributed by atoms with Crippen LogP contribution in [0.15, 0.2) is 41.3 Å². The Kier molecular flexibility index (Phi) is 3.68. The molecule has 0 amide bonds. The Hall–Kier alpha value is -1.72. The van der Waals surface area contributed by atoms with Crippen LogP contribution in [0.4, 0.5) is 0 Å². The molecule has 100 valence electrons. The van der Waals surface area contributed by atoms with E-state index >= 15 is 0 Å². The number of thioether (sulfide) groups is 1. The smallest absolute Gasteiger partial charge is 0.336 e. The van der Waals surface area contributed by atoms with Gasteiger partial charge in [0.15, 0.2) is 5.60 Å². The zero-order chi connectivity index (χ0) is 14.0. The van der Waals surface area contributed by atoms with Gasteiger partial charge in [-0.3, -0.25) is 0 Å². The lowest BCUT2D eigenvalue weighted by Crippen LogP contribution is -2.37. The van der Waals surface area contributed by atoms with Gasteiger partial charge in [0.25, 0.3) is 0 Å². The van der Waals surface area contributed by atoms with Gasteiger partial charge >= 0.3 is 5.97 Å². The van der Waals surface area contributed by atoms with Crippen molar-refractivity contribution in [1.29, 1.82) is 0 Å². The second-order valence-electron chi connectivity index (χ2n) is 4.50. The van der Waals surface area contributed by atoms with Crippen molar-refractivity contribution in [3.8, 4) is 5.75 Å². The van der Waals surface area contributed by atoms with E-state index in [-0.39, 0.29) is 11.5 Å². The molecular weight excluding hydrogens is 264 g/mol. The number of hydrogen-bond donors (Lipinski definition) is 3. The van der Waals surface area contributed by atoms with Crippen molar-refractivity contribution in [1.82, 2.24) is 0 Å². The molecule has 2 rings (SSSR count). The highest BCUT2D eigenvalue weighted by atomic mass is 32.2. The summed E-state index contributed by atoms with van der Waals surface area (Å²) in [5, 5.41) is 29.9. The topological polar surface area (TPSA) is 77.8 Å². The summed E-state index contributed by atoms with van der Waals surface area (Å²) in [6, 6.07) is 10.6. The lowest BCUT2D eigenvalue weighted by atomic mass is 10.1. The van der Waals surface area contributed by atoms with Crippen LogP contribution >= 0.6 is 11.8 Å². The molecule has 4 nitrogen and oxygen atoms in total. The number of aromatic hydroxyl groups is 1. The zero-order valence-electron chi connectivity index (χ0n) is 10.3. The fourth-order valence-corrected chi connectivity index (χ4v) is 2.72. The first-order chi connectivity index (χ1) is 8.92. The maximum absolute atomic E-state index is 10.9. The van der Waals surface area contributed by atoms with Crippen molar-refractivity contribution >= 4 is 28.5 Å². The van der Waals surface area contributed by atoms with E-state index in [1.54, 1.807) is 18.2 Å². The van der Waals surface area contributed by atoms with Gasteiger partial charge in [-0.25, -0.2) is 4.79 Å². The molecule has 2 aromatic rings. The van der Waals surface area contributed by atoms with E-state index in [9.17, 15) is 15.0 Å². The molecule has 19 heavy (non-hydrogen) atoms. The van der Waals surface area contributed by atoms with Gasteiger partial charge in [0.05, 0.1) is 0 Å². The molecule has 0 bridgehead atoms. The first-order valence-corrected chi connectivity index (χ1v) is 6.69. The Morgan fingerprint density at radius 2 is 1.84 bits per heavy atom. The average Bonchev–Trinajstić information content (AvgIpc) is 2.38. The van der Waals surface area contributed by atoms with Gasteiger partial charge in [0, 0.05) is 16.0 Å². The fraction of sp³-hybridized carbons (Fsp3) is 0.214. The number of phenolic OH excluding ortho intramolecular Hbond substituents is 1. The quantitative estimate of drug-likeness (QED) is 0.749. The van der Waals surface area contributed by atoms with Gasteiger partial charge in [-0.15, -0.1) is 11.8 Å². The Balaban J connectivity index is 2.32. The van der Waals surface area contributed by atoms with Crippen LogP contribution in [-0.4, -0.2) is 32.6 Å². The second-order valence-corrected chi connectivity index (χ2v) is 5.51. The fourth-order valence-electron chi connectivity index (χ4n) is 1.66. The molecule has 0 saturated carbocycles. The number of carboxylic acid groups (broad SMARTS) is 1. The molecule has 2 aromatic carbocycles. The van der Waals surface area contributed by atoms with Crippen LogP contribution in [0.5, 0.6) is 5.75 Å². The Morgan fingerprint density at radius 1 is 1.21 bits per heavy atom. The van der Waals surface area contributed by atoms with E-state index in [4.69, 9.17) is 5.11 Å². The van der Waals surface area contributed by atoms with Gasteiger partial charge < -0.3 is 15.3 Å². The number of fused-ring (bicyclic) bond motifs is 1. The number of aliphatic hydroxyl groups is 1. The van der Waals surface area contributed by atoms with Gasteiger partial charge in [-0.05, 0) is 24.4 Å². The summed E-state index contributed by atoms with van der Waals surface area (Å²) < 4.78 is 0. The number of carbonyl (C=O) groups is 1. The van der Waals surface area contributed by atoms with Crippen molar-refractivity contribution < 1.29 is 20.1 Å². The molecule has 0 fully saturated rings. The zero-order valence-corrected chi connectivity index (χ0v) is 11.1. The van der Waals surface area contributed by atoms with Gasteiger partial charge in [-0.2, -0.15) is 0 Å². The highest BCUT2D eigenvalue weighted by molar-refractivity contribution is 7.99. The van der Waals surface area contributed by atoms with Gasteiger partial charge in [0.2, 0.25) is 0 Å². The summed E-state index contributed by atoms with van der Waals surface area (Å²) in [7, 11) is 0. The monoisotopic (exact) mass is 278 g/mol. The molecule has 3 N–H and O–H groups in total. The SMILES string of the molecule is CC(O)(CSc1ccc(O)c2ccccc12)C(=O)O. The van der Waals surface area contributed by atoms with Crippen LogP contribution in [0, 0.1) is 0 Å². The van der Waals surface area contributed by atoms with Crippen molar-refractivity contribution in [2.24, 2.45) is 0 Å². The van der Waals surface area contributed by atoms with E-state index in [0.717, 1.165) is 10.3 Å². The largest absolute Gasteiger partial charge is 0.507 e. The summed E-state index contributed by atoms with van der Waals surface area (Å²) in [4.78, 5) is 11.7. The maximum Gasteiger partial charge on any atom is 0.336 e. The third-order valence-electron chi connectivity index (χ3n) is 2.83. The molecule has 0 spiro atoms. The number of hydrogen-bond acceptors (Lipinski definition) is 4. The van der Waals surface area contributed by atoms with Crippen molar-refractivity contribution in [3.63, 3.8) is 0 Å². The summed E-state index contributed by atoms with van der Waals surface area (Å²) in [5.41, 5.74) is -1.77. The molecule has 0 aromatic heterocycles. The molecule has 0 saturated heterocycles. The van der Waals surface area contributed by atoms with Crippen LogP contribution in [0.3, 0.4) is 0 Å². The van der Waals surface area contributed by atoms with Crippen molar-refractivity contribution in [2.45, 2.75) is 17.4 Å². The maximum atomic E-state index is 10.9. The second kappa shape index (κ2) is 5.11.